The first-order chi connectivity index (χ1) is 14.7. The van der Waals surface area contributed by atoms with Crippen LogP contribution in [0.2, 0.25) is 0 Å². The summed E-state index contributed by atoms with van der Waals surface area (Å²) in [5.74, 6) is -1.97. The molecule has 32 heavy (non-hydrogen) atoms. The largest absolute Gasteiger partial charge is 0.491 e. The van der Waals surface area contributed by atoms with Crippen LogP contribution < -0.4 is 10.1 Å². The molecule has 2 unspecified atom stereocenters. The van der Waals surface area contributed by atoms with Gasteiger partial charge in [-0.3, -0.25) is 4.79 Å². The molecule has 0 spiro atoms. The highest BCUT2D eigenvalue weighted by molar-refractivity contribution is 5.85. The van der Waals surface area contributed by atoms with Crippen molar-refractivity contribution >= 4 is 24.3 Å². The number of ether oxygens (including phenoxy) is 4. The fourth-order valence-electron chi connectivity index (χ4n) is 2.50. The summed E-state index contributed by atoms with van der Waals surface area (Å²) in [6, 6.07) is 7.50. The molecule has 10 heteroatoms. The predicted octanol–water partition coefficient (Wildman–Crippen LogP) is 2.74. The smallest absolute Gasteiger partial charge is 0.333 e. The Bertz CT molecular complexity index is 654. The van der Waals surface area contributed by atoms with Crippen LogP contribution in [0.3, 0.4) is 0 Å². The van der Waals surface area contributed by atoms with Gasteiger partial charge in [-0.05, 0) is 31.5 Å². The summed E-state index contributed by atoms with van der Waals surface area (Å²) in [6.07, 6.45) is -2.52. The van der Waals surface area contributed by atoms with Crippen LogP contribution in [0.1, 0.15) is 39.7 Å². The number of hydrogen-bond donors (Lipinski definition) is 3. The van der Waals surface area contributed by atoms with E-state index in [-0.39, 0.29) is 31.2 Å². The average molecular weight is 478 g/mol. The minimum Gasteiger partial charge on any atom is -0.491 e. The zero-order chi connectivity index (χ0) is 23.2. The van der Waals surface area contributed by atoms with E-state index in [0.29, 0.717) is 32.1 Å². The lowest BCUT2D eigenvalue weighted by molar-refractivity contribution is -0.161. The molecule has 1 rings (SSSR count). The molecule has 9 nitrogen and oxygen atoms in total. The number of carboxylic acid groups (broad SMARTS) is 2. The van der Waals surface area contributed by atoms with E-state index < -0.39 is 30.6 Å². The number of rotatable bonds is 17. The number of aliphatic carboxylic acids is 2. The van der Waals surface area contributed by atoms with Crippen molar-refractivity contribution in [2.45, 2.75) is 65.1 Å². The van der Waals surface area contributed by atoms with Gasteiger partial charge in [-0.15, -0.1) is 12.4 Å². The van der Waals surface area contributed by atoms with Crippen molar-refractivity contribution in [3.63, 3.8) is 0 Å². The Balaban J connectivity index is 0.00000961. The van der Waals surface area contributed by atoms with E-state index in [1.165, 1.54) is 0 Å². The van der Waals surface area contributed by atoms with Gasteiger partial charge in [-0.2, -0.15) is 0 Å². The van der Waals surface area contributed by atoms with Crippen LogP contribution in [-0.2, 0) is 30.4 Å². The highest BCUT2D eigenvalue weighted by atomic mass is 35.5. The standard InChI is InChI=1S/C22H35NO8.ClH/c1-15(2)23-12-19(31-20(22(26)27)11-21(24)25)14-30-18-7-5-17(6-8-18)13-28-9-10-29-16(3)4;/h5-8,15-16,19-20,23H,9-14H2,1-4H3,(H,24,25)(H,26,27);1H. The van der Waals surface area contributed by atoms with E-state index in [2.05, 4.69) is 5.32 Å². The molecular weight excluding hydrogens is 442 g/mol. The number of benzene rings is 1. The topological polar surface area (TPSA) is 124 Å². The van der Waals surface area contributed by atoms with Gasteiger partial charge in [-0.25, -0.2) is 4.79 Å². The van der Waals surface area contributed by atoms with Gasteiger partial charge in [0.05, 0.1) is 32.3 Å². The molecule has 0 aliphatic carbocycles. The molecule has 1 aromatic rings. The summed E-state index contributed by atoms with van der Waals surface area (Å²) in [6.45, 7) is 9.75. The van der Waals surface area contributed by atoms with E-state index in [0.717, 1.165) is 5.56 Å². The van der Waals surface area contributed by atoms with E-state index in [4.69, 9.17) is 24.1 Å². The van der Waals surface area contributed by atoms with Gasteiger partial charge in [0.2, 0.25) is 0 Å². The lowest BCUT2D eigenvalue weighted by atomic mass is 10.2. The van der Waals surface area contributed by atoms with Crippen LogP contribution in [0.25, 0.3) is 0 Å². The molecule has 0 saturated carbocycles. The van der Waals surface area contributed by atoms with Crippen LogP contribution >= 0.6 is 12.4 Å². The van der Waals surface area contributed by atoms with Gasteiger partial charge in [-0.1, -0.05) is 26.0 Å². The van der Waals surface area contributed by atoms with Crippen LogP contribution in [0.4, 0.5) is 0 Å². The SMILES string of the molecule is CC(C)NCC(COc1ccc(COCCOC(C)C)cc1)OC(CC(=O)O)C(=O)O.Cl. The molecule has 0 amide bonds. The number of carbonyl (C=O) groups is 2. The Morgan fingerprint density at radius 3 is 2.22 bits per heavy atom. The van der Waals surface area contributed by atoms with Crippen molar-refractivity contribution in [3.8, 4) is 5.75 Å². The van der Waals surface area contributed by atoms with Crippen LogP contribution in [-0.4, -0.2) is 72.9 Å². The summed E-state index contributed by atoms with van der Waals surface area (Å²) >= 11 is 0. The average Bonchev–Trinajstić information content (AvgIpc) is 2.69. The maximum atomic E-state index is 11.3. The molecule has 2 atom stereocenters. The van der Waals surface area contributed by atoms with Crippen molar-refractivity contribution < 1.29 is 38.7 Å². The predicted molar refractivity (Wildman–Crippen MR) is 122 cm³/mol. The molecule has 3 N–H and O–H groups in total. The van der Waals surface area contributed by atoms with Gasteiger partial charge >= 0.3 is 11.9 Å². The maximum Gasteiger partial charge on any atom is 0.333 e. The van der Waals surface area contributed by atoms with Crippen molar-refractivity contribution in [2.75, 3.05) is 26.4 Å². The van der Waals surface area contributed by atoms with E-state index >= 15 is 0 Å². The third-order valence-electron chi connectivity index (χ3n) is 4.05. The minimum absolute atomic E-state index is 0. The normalized spacial score (nSPS) is 12.9. The highest BCUT2D eigenvalue weighted by Crippen LogP contribution is 2.14. The highest BCUT2D eigenvalue weighted by Gasteiger charge is 2.26. The number of carboxylic acids is 2. The summed E-state index contributed by atoms with van der Waals surface area (Å²) < 4.78 is 22.2. The Labute approximate surface area is 195 Å². The second-order valence-electron chi connectivity index (χ2n) is 7.67. The molecule has 0 aliphatic heterocycles. The first-order valence-corrected chi connectivity index (χ1v) is 10.4. The quantitative estimate of drug-likeness (QED) is 0.290. The summed E-state index contributed by atoms with van der Waals surface area (Å²) in [7, 11) is 0. The minimum atomic E-state index is -1.45. The Hall–Kier alpha value is -1.91. The van der Waals surface area contributed by atoms with Gasteiger partial charge < -0.3 is 34.5 Å². The second kappa shape index (κ2) is 16.7. The molecule has 0 saturated heterocycles. The number of hydrogen-bond acceptors (Lipinski definition) is 7. The first kappa shape index (κ1) is 30.1. The lowest BCUT2D eigenvalue weighted by Gasteiger charge is -2.23. The Morgan fingerprint density at radius 1 is 1.03 bits per heavy atom. The van der Waals surface area contributed by atoms with Gasteiger partial charge in [0.15, 0.2) is 6.10 Å². The van der Waals surface area contributed by atoms with Crippen molar-refractivity contribution in [1.82, 2.24) is 5.32 Å². The maximum absolute atomic E-state index is 11.3. The third kappa shape index (κ3) is 14.2. The molecule has 0 fully saturated rings. The number of nitrogens with one attached hydrogen (secondary N) is 1. The summed E-state index contributed by atoms with van der Waals surface area (Å²) in [5.41, 5.74) is 0.985. The number of halogens is 1. The van der Waals surface area contributed by atoms with E-state index in [1.807, 2.05) is 39.8 Å². The van der Waals surface area contributed by atoms with Crippen LogP contribution in [0.15, 0.2) is 24.3 Å². The molecule has 0 heterocycles. The van der Waals surface area contributed by atoms with Gasteiger partial charge in [0, 0.05) is 12.6 Å². The molecule has 1 aromatic carbocycles. The zero-order valence-electron chi connectivity index (χ0n) is 19.1. The van der Waals surface area contributed by atoms with E-state index in [9.17, 15) is 14.7 Å². The van der Waals surface area contributed by atoms with Crippen molar-refractivity contribution in [2.24, 2.45) is 0 Å². The zero-order valence-corrected chi connectivity index (χ0v) is 19.9. The first-order valence-electron chi connectivity index (χ1n) is 10.4. The second-order valence-corrected chi connectivity index (χ2v) is 7.67. The third-order valence-corrected chi connectivity index (χ3v) is 4.05. The fraction of sp³-hybridized carbons (Fsp3) is 0.636. The van der Waals surface area contributed by atoms with Crippen LogP contribution in [0, 0.1) is 0 Å². The van der Waals surface area contributed by atoms with Crippen LogP contribution in [0.5, 0.6) is 5.75 Å². The van der Waals surface area contributed by atoms with Crippen molar-refractivity contribution in [3.05, 3.63) is 29.8 Å². The molecule has 0 radical (unpaired) electrons. The van der Waals surface area contributed by atoms with Crippen molar-refractivity contribution in [1.29, 1.82) is 0 Å². The molecule has 184 valence electrons. The summed E-state index contributed by atoms with van der Waals surface area (Å²) in [4.78, 5) is 22.2. The molecule has 0 aliphatic rings. The van der Waals surface area contributed by atoms with E-state index in [1.54, 1.807) is 12.1 Å². The lowest BCUT2D eigenvalue weighted by Crippen LogP contribution is -2.41. The fourth-order valence-corrected chi connectivity index (χ4v) is 2.50. The Morgan fingerprint density at radius 2 is 1.69 bits per heavy atom. The van der Waals surface area contributed by atoms with Gasteiger partial charge in [0.25, 0.3) is 0 Å². The molecule has 0 bridgehead atoms. The van der Waals surface area contributed by atoms with Gasteiger partial charge in [0.1, 0.15) is 18.5 Å². The molecule has 0 aromatic heterocycles. The summed E-state index contributed by atoms with van der Waals surface area (Å²) in [5, 5.41) is 21.3. The Kier molecular flexibility index (Phi) is 15.7. The monoisotopic (exact) mass is 477 g/mol. The molecular formula is C22H36ClNO8.